The summed E-state index contributed by atoms with van der Waals surface area (Å²) in [5.41, 5.74) is 4.80. The van der Waals surface area contributed by atoms with Crippen LogP contribution in [0.3, 0.4) is 0 Å². The average Bonchev–Trinajstić information content (AvgIpc) is 3.14. The lowest BCUT2D eigenvalue weighted by atomic mass is 10.0. The zero-order valence-electron chi connectivity index (χ0n) is 17.8. The monoisotopic (exact) mass is 409 g/mol. The van der Waals surface area contributed by atoms with Gasteiger partial charge >= 0.3 is 5.97 Å². The molecular formula is C24H27NO5. The van der Waals surface area contributed by atoms with Crippen molar-refractivity contribution < 1.29 is 23.5 Å². The molecule has 0 unspecified atom stereocenters. The van der Waals surface area contributed by atoms with Crippen LogP contribution < -0.4 is 10.1 Å². The maximum atomic E-state index is 12.3. The normalized spacial score (nSPS) is 11.9. The molecule has 1 N–H and O–H groups in total. The van der Waals surface area contributed by atoms with Crippen LogP contribution in [-0.4, -0.2) is 31.6 Å². The van der Waals surface area contributed by atoms with Crippen molar-refractivity contribution in [3.05, 3.63) is 64.9 Å². The molecule has 0 aliphatic rings. The van der Waals surface area contributed by atoms with Crippen LogP contribution in [0.5, 0.6) is 5.75 Å². The van der Waals surface area contributed by atoms with Crippen molar-refractivity contribution >= 4 is 22.8 Å². The topological polar surface area (TPSA) is 77.8 Å². The van der Waals surface area contributed by atoms with Gasteiger partial charge in [0.15, 0.2) is 6.10 Å². The zero-order valence-corrected chi connectivity index (χ0v) is 17.8. The fourth-order valence-corrected chi connectivity index (χ4v) is 3.24. The molecular weight excluding hydrogens is 382 g/mol. The van der Waals surface area contributed by atoms with Gasteiger partial charge in [-0.3, -0.25) is 9.59 Å². The third-order valence-electron chi connectivity index (χ3n) is 5.23. The zero-order chi connectivity index (χ0) is 21.7. The number of furan rings is 1. The number of fused-ring (bicyclic) bond motifs is 1. The molecule has 2 aromatic carbocycles. The highest BCUT2D eigenvalue weighted by molar-refractivity contribution is 5.89. The quantitative estimate of drug-likeness (QED) is 0.571. The van der Waals surface area contributed by atoms with Crippen LogP contribution in [0.2, 0.25) is 0 Å². The molecule has 1 amide bonds. The standard InChI is InChI=1S/C24H27NO5/c1-15-5-10-21-19(14-29-23(21)16(15)2)13-22(26)30-17(3)24(27)25-12-11-18-6-8-20(28-4)9-7-18/h5-10,14,17H,11-13H2,1-4H3,(H,25,27)/t17-/m0/s1. The lowest BCUT2D eigenvalue weighted by molar-refractivity contribution is -0.154. The molecule has 30 heavy (non-hydrogen) atoms. The lowest BCUT2D eigenvalue weighted by Gasteiger charge is -2.13. The Kier molecular flexibility index (Phi) is 6.77. The molecule has 158 valence electrons. The molecule has 0 aliphatic carbocycles. The van der Waals surface area contributed by atoms with Crippen molar-refractivity contribution in [1.29, 1.82) is 0 Å². The maximum absolute atomic E-state index is 12.3. The molecule has 3 aromatic rings. The van der Waals surface area contributed by atoms with Gasteiger partial charge in [-0.25, -0.2) is 0 Å². The molecule has 0 bridgehead atoms. The summed E-state index contributed by atoms with van der Waals surface area (Å²) in [5, 5.41) is 3.70. The van der Waals surface area contributed by atoms with Gasteiger partial charge in [-0.2, -0.15) is 0 Å². The van der Waals surface area contributed by atoms with E-state index in [4.69, 9.17) is 13.9 Å². The summed E-state index contributed by atoms with van der Waals surface area (Å²) in [7, 11) is 1.62. The van der Waals surface area contributed by atoms with Crippen LogP contribution in [0.25, 0.3) is 11.0 Å². The van der Waals surface area contributed by atoms with Gasteiger partial charge in [0, 0.05) is 17.5 Å². The Morgan fingerprint density at radius 2 is 1.83 bits per heavy atom. The minimum atomic E-state index is -0.865. The van der Waals surface area contributed by atoms with Crippen molar-refractivity contribution in [2.45, 2.75) is 39.7 Å². The van der Waals surface area contributed by atoms with E-state index in [1.807, 2.05) is 50.2 Å². The van der Waals surface area contributed by atoms with Gasteiger partial charge in [0.25, 0.3) is 5.91 Å². The van der Waals surface area contributed by atoms with E-state index < -0.39 is 12.1 Å². The van der Waals surface area contributed by atoms with Gasteiger partial charge < -0.3 is 19.2 Å². The smallest absolute Gasteiger partial charge is 0.311 e. The summed E-state index contributed by atoms with van der Waals surface area (Å²) in [6.07, 6.45) is 1.45. The fraction of sp³-hybridized carbons (Fsp3) is 0.333. The van der Waals surface area contributed by atoms with E-state index >= 15 is 0 Å². The number of nitrogens with one attached hydrogen (secondary N) is 1. The maximum Gasteiger partial charge on any atom is 0.311 e. The number of hydrogen-bond donors (Lipinski definition) is 1. The fourth-order valence-electron chi connectivity index (χ4n) is 3.24. The van der Waals surface area contributed by atoms with Crippen molar-refractivity contribution in [3.63, 3.8) is 0 Å². The largest absolute Gasteiger partial charge is 0.497 e. The summed E-state index contributed by atoms with van der Waals surface area (Å²) in [6.45, 7) is 6.03. The van der Waals surface area contributed by atoms with E-state index in [2.05, 4.69) is 5.32 Å². The molecule has 0 spiro atoms. The molecule has 0 saturated heterocycles. The molecule has 0 radical (unpaired) electrons. The van der Waals surface area contributed by atoms with Gasteiger partial charge in [0.1, 0.15) is 11.3 Å². The summed E-state index contributed by atoms with van der Waals surface area (Å²) < 4.78 is 16.1. The highest BCUT2D eigenvalue weighted by atomic mass is 16.5. The first-order chi connectivity index (χ1) is 14.4. The number of ether oxygens (including phenoxy) is 2. The van der Waals surface area contributed by atoms with E-state index in [-0.39, 0.29) is 12.3 Å². The third kappa shape index (κ3) is 5.00. The number of carbonyl (C=O) groups excluding carboxylic acids is 2. The van der Waals surface area contributed by atoms with Gasteiger partial charge in [-0.1, -0.05) is 24.3 Å². The minimum absolute atomic E-state index is 0.0545. The van der Waals surface area contributed by atoms with Gasteiger partial charge in [0.05, 0.1) is 19.8 Å². The Hall–Kier alpha value is -3.28. The highest BCUT2D eigenvalue weighted by Gasteiger charge is 2.19. The number of benzene rings is 2. The molecule has 1 atom stereocenters. The molecule has 0 saturated carbocycles. The second-order valence-corrected chi connectivity index (χ2v) is 7.34. The average molecular weight is 409 g/mol. The van der Waals surface area contributed by atoms with Crippen LogP contribution in [0, 0.1) is 13.8 Å². The summed E-state index contributed by atoms with van der Waals surface area (Å²) in [4.78, 5) is 24.6. The minimum Gasteiger partial charge on any atom is -0.497 e. The number of carbonyl (C=O) groups is 2. The van der Waals surface area contributed by atoms with Crippen molar-refractivity contribution in [2.75, 3.05) is 13.7 Å². The van der Waals surface area contributed by atoms with Crippen LogP contribution in [-0.2, 0) is 27.2 Å². The number of hydrogen-bond acceptors (Lipinski definition) is 5. The van der Waals surface area contributed by atoms with E-state index in [0.29, 0.717) is 13.0 Å². The Bertz CT molecular complexity index is 1040. The second kappa shape index (κ2) is 9.48. The number of esters is 1. The van der Waals surface area contributed by atoms with Crippen LogP contribution in [0.1, 0.15) is 29.2 Å². The van der Waals surface area contributed by atoms with Crippen LogP contribution in [0.15, 0.2) is 47.1 Å². The Balaban J connectivity index is 1.48. The molecule has 0 fully saturated rings. The molecule has 1 heterocycles. The van der Waals surface area contributed by atoms with Crippen LogP contribution >= 0.6 is 0 Å². The van der Waals surface area contributed by atoms with Gasteiger partial charge in [-0.15, -0.1) is 0 Å². The molecule has 6 nitrogen and oxygen atoms in total. The molecule has 0 aliphatic heterocycles. The van der Waals surface area contributed by atoms with Crippen LogP contribution in [0.4, 0.5) is 0 Å². The predicted octanol–water partition coefficient (Wildman–Crippen LogP) is 3.89. The Morgan fingerprint density at radius 1 is 1.10 bits per heavy atom. The number of amides is 1. The molecule has 3 rings (SSSR count). The summed E-state index contributed by atoms with van der Waals surface area (Å²) >= 11 is 0. The Labute approximate surface area is 176 Å². The lowest BCUT2D eigenvalue weighted by Crippen LogP contribution is -2.37. The Morgan fingerprint density at radius 3 is 2.53 bits per heavy atom. The van der Waals surface area contributed by atoms with Crippen molar-refractivity contribution in [2.24, 2.45) is 0 Å². The second-order valence-electron chi connectivity index (χ2n) is 7.34. The number of aryl methyl sites for hydroxylation is 2. The number of methoxy groups -OCH3 is 1. The first-order valence-electron chi connectivity index (χ1n) is 9.95. The highest BCUT2D eigenvalue weighted by Crippen LogP contribution is 2.27. The van der Waals surface area contributed by atoms with E-state index in [0.717, 1.165) is 39.0 Å². The number of rotatable bonds is 8. The van der Waals surface area contributed by atoms with Gasteiger partial charge in [0.2, 0.25) is 0 Å². The third-order valence-corrected chi connectivity index (χ3v) is 5.23. The van der Waals surface area contributed by atoms with E-state index in [9.17, 15) is 9.59 Å². The molecule has 6 heteroatoms. The summed E-state index contributed by atoms with van der Waals surface area (Å²) in [6, 6.07) is 11.6. The van der Waals surface area contributed by atoms with Gasteiger partial charge in [-0.05, 0) is 56.0 Å². The van der Waals surface area contributed by atoms with Crippen molar-refractivity contribution in [3.8, 4) is 5.75 Å². The van der Waals surface area contributed by atoms with Crippen molar-refractivity contribution in [1.82, 2.24) is 5.32 Å². The SMILES string of the molecule is COc1ccc(CCNC(=O)[C@H](C)OC(=O)Cc2coc3c(C)c(C)ccc23)cc1. The predicted molar refractivity (Wildman–Crippen MR) is 115 cm³/mol. The molecule has 1 aromatic heterocycles. The first kappa shape index (κ1) is 21.4. The van der Waals surface area contributed by atoms with E-state index in [1.165, 1.54) is 0 Å². The first-order valence-corrected chi connectivity index (χ1v) is 9.95. The van der Waals surface area contributed by atoms with E-state index in [1.54, 1.807) is 20.3 Å². The summed E-state index contributed by atoms with van der Waals surface area (Å²) in [5.74, 6) is 0.00753.